The smallest absolute Gasteiger partial charge is 0.293 e. The summed E-state index contributed by atoms with van der Waals surface area (Å²) in [6, 6.07) is 5.31. The summed E-state index contributed by atoms with van der Waals surface area (Å²) in [6.45, 7) is 0. The summed E-state index contributed by atoms with van der Waals surface area (Å²) < 4.78 is 0. The molecule has 0 saturated heterocycles. The number of primary amides is 1. The van der Waals surface area contributed by atoms with Crippen LogP contribution < -0.4 is 11.1 Å². The predicted octanol–water partition coefficient (Wildman–Crippen LogP) is 0.0180. The summed E-state index contributed by atoms with van der Waals surface area (Å²) in [7, 11) is 0. The van der Waals surface area contributed by atoms with Gasteiger partial charge in [0.2, 0.25) is 5.91 Å². The molecular weight excluding hydrogens is 192 g/mol. The third kappa shape index (κ3) is 1.97. The Labute approximate surface area is 86.5 Å². The molecule has 0 fully saturated rings. The molecule has 2 rings (SSSR count). The molecule has 1 aromatic rings. The molecule has 4 heteroatoms. The second-order valence-electron chi connectivity index (χ2n) is 3.21. The fraction of sp³-hybridized carbons (Fsp3) is 0.0909. The molecule has 2 amide bonds. The van der Waals surface area contributed by atoms with Gasteiger partial charge in [0.05, 0.1) is 6.42 Å². The molecule has 1 aliphatic heterocycles. The first-order valence-electron chi connectivity index (χ1n) is 4.39. The van der Waals surface area contributed by atoms with Gasteiger partial charge in [0.15, 0.2) is 0 Å². The van der Waals surface area contributed by atoms with Gasteiger partial charge in [-0.3, -0.25) is 9.59 Å². The van der Waals surface area contributed by atoms with Crippen molar-refractivity contribution in [3.05, 3.63) is 29.3 Å². The number of amides is 2. The van der Waals surface area contributed by atoms with E-state index in [1.165, 1.54) is 0 Å². The second kappa shape index (κ2) is 3.46. The monoisotopic (exact) mass is 200 g/mol. The number of carbonyl (C=O) groups is 2. The van der Waals surface area contributed by atoms with Crippen molar-refractivity contribution in [2.45, 2.75) is 6.42 Å². The maximum atomic E-state index is 11.1. The summed E-state index contributed by atoms with van der Waals surface area (Å²) in [6.07, 6.45) is 0.402. The second-order valence-corrected chi connectivity index (χ2v) is 3.21. The number of anilines is 1. The number of nitrogens with two attached hydrogens (primary N) is 1. The average Bonchev–Trinajstić information content (AvgIpc) is 2.53. The lowest BCUT2D eigenvalue weighted by molar-refractivity contribution is -0.115. The van der Waals surface area contributed by atoms with Gasteiger partial charge in [-0.25, -0.2) is 0 Å². The minimum atomic E-state index is -0.667. The van der Waals surface area contributed by atoms with Gasteiger partial charge < -0.3 is 11.1 Å². The fourth-order valence-corrected chi connectivity index (χ4v) is 1.43. The van der Waals surface area contributed by atoms with Crippen molar-refractivity contribution in [1.82, 2.24) is 0 Å². The van der Waals surface area contributed by atoms with Crippen LogP contribution in [0.1, 0.15) is 11.1 Å². The number of carbonyl (C=O) groups excluding carboxylic acids is 2. The fourth-order valence-electron chi connectivity index (χ4n) is 1.43. The Morgan fingerprint density at radius 2 is 2.27 bits per heavy atom. The van der Waals surface area contributed by atoms with Crippen LogP contribution in [-0.4, -0.2) is 11.8 Å². The van der Waals surface area contributed by atoms with E-state index >= 15 is 0 Å². The van der Waals surface area contributed by atoms with Gasteiger partial charge in [-0.05, 0) is 23.6 Å². The topological polar surface area (TPSA) is 72.2 Å². The van der Waals surface area contributed by atoms with Crippen molar-refractivity contribution in [3.8, 4) is 11.8 Å². The number of nitrogens with one attached hydrogen (secondary N) is 1. The molecule has 0 saturated carbocycles. The van der Waals surface area contributed by atoms with E-state index in [9.17, 15) is 9.59 Å². The van der Waals surface area contributed by atoms with Crippen LogP contribution in [0, 0.1) is 11.8 Å². The molecule has 74 valence electrons. The summed E-state index contributed by atoms with van der Waals surface area (Å²) in [4.78, 5) is 21.5. The molecule has 0 aromatic heterocycles. The number of fused-ring (bicyclic) bond motifs is 1. The van der Waals surface area contributed by atoms with Crippen molar-refractivity contribution in [2.75, 3.05) is 5.32 Å². The SMILES string of the molecule is NC(=O)C#Cc1ccc2c(c1)NC(=O)C2. The maximum absolute atomic E-state index is 11.1. The highest BCUT2D eigenvalue weighted by Crippen LogP contribution is 2.23. The van der Waals surface area contributed by atoms with E-state index in [-0.39, 0.29) is 5.91 Å². The minimum Gasteiger partial charge on any atom is -0.359 e. The van der Waals surface area contributed by atoms with Crippen LogP contribution in [0.2, 0.25) is 0 Å². The Balaban J connectivity index is 2.32. The Morgan fingerprint density at radius 3 is 3.00 bits per heavy atom. The third-order valence-corrected chi connectivity index (χ3v) is 2.07. The molecule has 3 N–H and O–H groups in total. The first kappa shape index (κ1) is 9.28. The van der Waals surface area contributed by atoms with Gasteiger partial charge in [0, 0.05) is 11.3 Å². The molecule has 0 radical (unpaired) electrons. The van der Waals surface area contributed by atoms with Crippen molar-refractivity contribution < 1.29 is 9.59 Å². The molecule has 0 spiro atoms. The quantitative estimate of drug-likeness (QED) is 0.579. The molecule has 0 aliphatic carbocycles. The van der Waals surface area contributed by atoms with E-state index in [0.717, 1.165) is 11.3 Å². The molecule has 0 unspecified atom stereocenters. The zero-order valence-corrected chi connectivity index (χ0v) is 7.83. The first-order valence-corrected chi connectivity index (χ1v) is 4.39. The maximum Gasteiger partial charge on any atom is 0.293 e. The van der Waals surface area contributed by atoms with Crippen LogP contribution in [0.5, 0.6) is 0 Å². The van der Waals surface area contributed by atoms with E-state index in [4.69, 9.17) is 5.73 Å². The molecular formula is C11H8N2O2. The normalized spacial score (nSPS) is 12.4. The van der Waals surface area contributed by atoms with E-state index in [1.807, 2.05) is 6.07 Å². The molecule has 1 heterocycles. The van der Waals surface area contributed by atoms with Crippen LogP contribution in [0.4, 0.5) is 5.69 Å². The zero-order chi connectivity index (χ0) is 10.8. The lowest BCUT2D eigenvalue weighted by Crippen LogP contribution is -2.06. The van der Waals surface area contributed by atoms with E-state index in [1.54, 1.807) is 12.1 Å². The first-order chi connectivity index (χ1) is 7.15. The lowest BCUT2D eigenvalue weighted by Gasteiger charge is -1.97. The number of benzene rings is 1. The minimum absolute atomic E-state index is 0.0231. The molecule has 0 bridgehead atoms. The predicted molar refractivity (Wildman–Crippen MR) is 54.8 cm³/mol. The van der Waals surface area contributed by atoms with Gasteiger partial charge in [-0.1, -0.05) is 12.0 Å². The van der Waals surface area contributed by atoms with Crippen molar-refractivity contribution in [2.24, 2.45) is 5.73 Å². The van der Waals surface area contributed by atoms with Crippen LogP contribution in [0.3, 0.4) is 0 Å². The summed E-state index contributed by atoms with van der Waals surface area (Å²) in [5, 5.41) is 2.70. The molecule has 1 aromatic carbocycles. The van der Waals surface area contributed by atoms with Crippen molar-refractivity contribution in [1.29, 1.82) is 0 Å². The van der Waals surface area contributed by atoms with E-state index in [2.05, 4.69) is 17.2 Å². The number of hydrogen-bond donors (Lipinski definition) is 2. The van der Waals surface area contributed by atoms with E-state index in [0.29, 0.717) is 12.0 Å². The highest BCUT2D eigenvalue weighted by atomic mass is 16.2. The van der Waals surface area contributed by atoms with Gasteiger partial charge in [0.25, 0.3) is 5.91 Å². The van der Waals surface area contributed by atoms with Gasteiger partial charge in [-0.2, -0.15) is 0 Å². The number of rotatable bonds is 0. The van der Waals surface area contributed by atoms with Gasteiger partial charge >= 0.3 is 0 Å². The Bertz CT molecular complexity index is 509. The Kier molecular flexibility index (Phi) is 2.14. The van der Waals surface area contributed by atoms with Gasteiger partial charge in [-0.15, -0.1) is 0 Å². The van der Waals surface area contributed by atoms with Crippen LogP contribution in [-0.2, 0) is 16.0 Å². The van der Waals surface area contributed by atoms with Crippen molar-refractivity contribution >= 4 is 17.5 Å². The van der Waals surface area contributed by atoms with Gasteiger partial charge in [0.1, 0.15) is 0 Å². The van der Waals surface area contributed by atoms with Crippen LogP contribution in [0.15, 0.2) is 18.2 Å². The Morgan fingerprint density at radius 1 is 1.47 bits per heavy atom. The standard InChI is InChI=1S/C11H8N2O2/c12-10(14)4-2-7-1-3-8-6-11(15)13-9(8)5-7/h1,3,5H,6H2,(H2,12,14)(H,13,15). The molecule has 0 atom stereocenters. The zero-order valence-electron chi connectivity index (χ0n) is 7.83. The molecule has 4 nitrogen and oxygen atoms in total. The molecule has 15 heavy (non-hydrogen) atoms. The van der Waals surface area contributed by atoms with Crippen molar-refractivity contribution in [3.63, 3.8) is 0 Å². The summed E-state index contributed by atoms with van der Waals surface area (Å²) in [5.74, 6) is 4.16. The van der Waals surface area contributed by atoms with Crippen LogP contribution >= 0.6 is 0 Å². The highest BCUT2D eigenvalue weighted by Gasteiger charge is 2.16. The molecule has 1 aliphatic rings. The highest BCUT2D eigenvalue weighted by molar-refractivity contribution is 5.99. The van der Waals surface area contributed by atoms with Crippen LogP contribution in [0.25, 0.3) is 0 Å². The number of hydrogen-bond acceptors (Lipinski definition) is 2. The lowest BCUT2D eigenvalue weighted by atomic mass is 10.1. The Hall–Kier alpha value is -2.28. The average molecular weight is 200 g/mol. The third-order valence-electron chi connectivity index (χ3n) is 2.07. The largest absolute Gasteiger partial charge is 0.359 e. The summed E-state index contributed by atoms with van der Waals surface area (Å²) in [5.41, 5.74) is 7.26. The van der Waals surface area contributed by atoms with E-state index < -0.39 is 5.91 Å². The summed E-state index contributed by atoms with van der Waals surface area (Å²) >= 11 is 0.